The largest absolute Gasteiger partial charge is 0.317 e. The third-order valence-electron chi connectivity index (χ3n) is 6.44. The van der Waals surface area contributed by atoms with E-state index in [4.69, 9.17) is 0 Å². The van der Waals surface area contributed by atoms with E-state index < -0.39 is 0 Å². The fourth-order valence-electron chi connectivity index (χ4n) is 4.86. The molecular weight excluding hydrogens is 370 g/mol. The molecule has 30 heavy (non-hydrogen) atoms. The molecule has 1 aliphatic carbocycles. The summed E-state index contributed by atoms with van der Waals surface area (Å²) in [5, 5.41) is 3.81. The average Bonchev–Trinajstić information content (AvgIpc) is 2.82. The van der Waals surface area contributed by atoms with Crippen molar-refractivity contribution < 1.29 is 4.79 Å². The van der Waals surface area contributed by atoms with Gasteiger partial charge in [-0.25, -0.2) is 0 Å². The number of rotatable bonds is 4. The van der Waals surface area contributed by atoms with Gasteiger partial charge in [-0.05, 0) is 41.7 Å². The highest BCUT2D eigenvalue weighted by Gasteiger charge is 2.42. The number of pyridine rings is 1. The number of amides is 1. The van der Waals surface area contributed by atoms with Crippen molar-refractivity contribution >= 4 is 5.91 Å². The van der Waals surface area contributed by atoms with Crippen molar-refractivity contribution in [3.8, 4) is 11.1 Å². The molecule has 0 radical (unpaired) electrons. The number of aromatic nitrogens is 1. The fourth-order valence-corrected chi connectivity index (χ4v) is 4.86. The summed E-state index contributed by atoms with van der Waals surface area (Å²) in [6.45, 7) is 0.529. The number of hydrogen-bond donors (Lipinski definition) is 1. The maximum Gasteiger partial charge on any atom is 0.229 e. The van der Waals surface area contributed by atoms with Gasteiger partial charge in [0.2, 0.25) is 5.91 Å². The van der Waals surface area contributed by atoms with Crippen molar-refractivity contribution in [3.05, 3.63) is 90.3 Å². The van der Waals surface area contributed by atoms with E-state index in [0.29, 0.717) is 6.54 Å². The van der Waals surface area contributed by atoms with Crippen LogP contribution >= 0.6 is 0 Å². The van der Waals surface area contributed by atoms with Crippen LogP contribution in [-0.2, 0) is 11.3 Å². The predicted molar refractivity (Wildman–Crippen MR) is 118 cm³/mol. The Morgan fingerprint density at radius 3 is 2.37 bits per heavy atom. The average molecular weight is 398 g/mol. The summed E-state index contributed by atoms with van der Waals surface area (Å²) in [5.41, 5.74) is 4.44. The smallest absolute Gasteiger partial charge is 0.229 e. The van der Waals surface area contributed by atoms with E-state index in [1.165, 1.54) is 17.5 Å². The molecule has 3 aromatic rings. The molecule has 2 heterocycles. The van der Waals surface area contributed by atoms with Crippen LogP contribution in [0.3, 0.4) is 0 Å². The molecule has 2 aromatic carbocycles. The summed E-state index contributed by atoms with van der Waals surface area (Å²) in [6.07, 6.45) is 6.07. The second-order valence-corrected chi connectivity index (χ2v) is 8.34. The van der Waals surface area contributed by atoms with E-state index in [1.807, 2.05) is 29.2 Å². The zero-order chi connectivity index (χ0) is 20.3. The first kappa shape index (κ1) is 19.0. The first-order valence-electron chi connectivity index (χ1n) is 10.9. The summed E-state index contributed by atoms with van der Waals surface area (Å²) < 4.78 is 0. The minimum absolute atomic E-state index is 0.0855. The molecule has 0 bridgehead atoms. The van der Waals surface area contributed by atoms with Crippen molar-refractivity contribution in [3.63, 3.8) is 0 Å². The summed E-state index contributed by atoms with van der Waals surface area (Å²) in [5.74, 6) is 0.351. The molecule has 4 nitrogen and oxygen atoms in total. The van der Waals surface area contributed by atoms with Gasteiger partial charge >= 0.3 is 0 Å². The molecule has 1 N–H and O–H groups in total. The topological polar surface area (TPSA) is 45.2 Å². The van der Waals surface area contributed by atoms with Crippen LogP contribution in [0.5, 0.6) is 0 Å². The van der Waals surface area contributed by atoms with Crippen LogP contribution in [0.2, 0.25) is 0 Å². The first-order valence-corrected chi connectivity index (χ1v) is 10.9. The maximum atomic E-state index is 13.5. The number of carbonyl (C=O) groups is 1. The molecule has 0 spiro atoms. The van der Waals surface area contributed by atoms with Crippen molar-refractivity contribution in [2.75, 3.05) is 0 Å². The lowest BCUT2D eigenvalue weighted by atomic mass is 9.81. The second-order valence-electron chi connectivity index (χ2n) is 8.34. The molecule has 1 amide bonds. The molecule has 1 aliphatic heterocycles. The van der Waals surface area contributed by atoms with Gasteiger partial charge < -0.3 is 4.90 Å². The Morgan fingerprint density at radius 1 is 0.867 bits per heavy atom. The SMILES string of the molecule is O=C1C2CCCCC2NC(c2ccc(-c3ccccc3)cc2)N1Cc1ccccn1. The van der Waals surface area contributed by atoms with Crippen LogP contribution in [0.4, 0.5) is 0 Å². The number of hydrogen-bond acceptors (Lipinski definition) is 3. The highest BCUT2D eigenvalue weighted by Crippen LogP contribution is 2.36. The Morgan fingerprint density at radius 2 is 1.60 bits per heavy atom. The normalized spacial score (nSPS) is 23.8. The Hall–Kier alpha value is -2.98. The van der Waals surface area contributed by atoms with Crippen LogP contribution in [0.25, 0.3) is 11.1 Å². The molecule has 4 heteroatoms. The fraction of sp³-hybridized carbons (Fsp3) is 0.308. The van der Waals surface area contributed by atoms with Gasteiger partial charge in [0, 0.05) is 12.2 Å². The Labute approximate surface area is 178 Å². The summed E-state index contributed by atoms with van der Waals surface area (Å²) in [4.78, 5) is 20.0. The minimum atomic E-state index is -0.122. The van der Waals surface area contributed by atoms with Crippen molar-refractivity contribution in [2.45, 2.75) is 44.4 Å². The maximum absolute atomic E-state index is 13.5. The number of benzene rings is 2. The minimum Gasteiger partial charge on any atom is -0.317 e. The lowest BCUT2D eigenvalue weighted by Gasteiger charge is -2.46. The third kappa shape index (κ3) is 3.75. The van der Waals surface area contributed by atoms with Crippen LogP contribution in [-0.4, -0.2) is 21.8 Å². The number of fused-ring (bicyclic) bond motifs is 1. The van der Waals surface area contributed by atoms with Crippen LogP contribution in [0.15, 0.2) is 79.0 Å². The number of carbonyl (C=O) groups excluding carboxylic acids is 1. The van der Waals surface area contributed by atoms with E-state index in [2.05, 4.69) is 58.8 Å². The highest BCUT2D eigenvalue weighted by atomic mass is 16.2. The van der Waals surface area contributed by atoms with Crippen LogP contribution in [0.1, 0.15) is 43.1 Å². The molecule has 1 saturated carbocycles. The van der Waals surface area contributed by atoms with Gasteiger partial charge in [-0.1, -0.05) is 73.5 Å². The van der Waals surface area contributed by atoms with Gasteiger partial charge in [-0.2, -0.15) is 0 Å². The van der Waals surface area contributed by atoms with E-state index >= 15 is 0 Å². The van der Waals surface area contributed by atoms with Gasteiger partial charge in [0.1, 0.15) is 6.17 Å². The molecule has 2 aliphatic rings. The third-order valence-corrected chi connectivity index (χ3v) is 6.44. The molecule has 152 valence electrons. The molecule has 1 aromatic heterocycles. The molecule has 3 atom stereocenters. The molecule has 5 rings (SSSR count). The van der Waals surface area contributed by atoms with E-state index in [-0.39, 0.29) is 24.0 Å². The Balaban J connectivity index is 1.46. The zero-order valence-corrected chi connectivity index (χ0v) is 17.1. The van der Waals surface area contributed by atoms with Crippen LogP contribution in [0, 0.1) is 5.92 Å². The molecule has 1 saturated heterocycles. The Bertz CT molecular complexity index is 988. The first-order chi connectivity index (χ1) is 14.8. The van der Waals surface area contributed by atoms with Gasteiger partial charge in [0.25, 0.3) is 0 Å². The second kappa shape index (κ2) is 8.41. The van der Waals surface area contributed by atoms with E-state index in [0.717, 1.165) is 30.5 Å². The molecule has 2 fully saturated rings. The van der Waals surface area contributed by atoms with Gasteiger partial charge in [0.05, 0.1) is 18.2 Å². The van der Waals surface area contributed by atoms with E-state index in [1.54, 1.807) is 6.20 Å². The Kier molecular flexibility index (Phi) is 5.33. The summed E-state index contributed by atoms with van der Waals surface area (Å²) >= 11 is 0. The zero-order valence-electron chi connectivity index (χ0n) is 17.1. The summed E-state index contributed by atoms with van der Waals surface area (Å²) in [7, 11) is 0. The van der Waals surface area contributed by atoms with Gasteiger partial charge in [0.15, 0.2) is 0 Å². The van der Waals surface area contributed by atoms with Crippen molar-refractivity contribution in [1.82, 2.24) is 15.2 Å². The van der Waals surface area contributed by atoms with Gasteiger partial charge in [-0.3, -0.25) is 15.1 Å². The quantitative estimate of drug-likeness (QED) is 0.678. The standard InChI is InChI=1S/C26H27N3O/c30-26-23-11-4-5-12-24(23)28-25(29(26)18-22-10-6-7-17-27-22)21-15-13-20(14-16-21)19-8-2-1-3-9-19/h1-3,6-10,13-17,23-25,28H,4-5,11-12,18H2. The van der Waals surface area contributed by atoms with Crippen molar-refractivity contribution in [2.24, 2.45) is 5.92 Å². The molecular formula is C26H27N3O. The monoisotopic (exact) mass is 397 g/mol. The highest BCUT2D eigenvalue weighted by molar-refractivity contribution is 5.81. The number of nitrogens with zero attached hydrogens (tertiary/aromatic N) is 2. The summed E-state index contributed by atoms with van der Waals surface area (Å²) in [6, 6.07) is 25.2. The van der Waals surface area contributed by atoms with Crippen molar-refractivity contribution in [1.29, 1.82) is 0 Å². The van der Waals surface area contributed by atoms with Gasteiger partial charge in [-0.15, -0.1) is 0 Å². The molecule has 3 unspecified atom stereocenters. The van der Waals surface area contributed by atoms with E-state index in [9.17, 15) is 4.79 Å². The lowest BCUT2D eigenvalue weighted by molar-refractivity contribution is -0.147. The lowest BCUT2D eigenvalue weighted by Crippen LogP contribution is -2.59. The predicted octanol–water partition coefficient (Wildman–Crippen LogP) is 4.94. The number of nitrogens with one attached hydrogen (secondary N) is 1. The van der Waals surface area contributed by atoms with Crippen LogP contribution < -0.4 is 5.32 Å².